The molecule has 1 aliphatic rings. The molecule has 98 valence electrons. The third-order valence-electron chi connectivity index (χ3n) is 3.61. The van der Waals surface area contributed by atoms with Crippen molar-refractivity contribution in [2.24, 2.45) is 0 Å². The van der Waals surface area contributed by atoms with Crippen LogP contribution in [0.4, 0.5) is 3.89 Å². The van der Waals surface area contributed by atoms with Gasteiger partial charge in [0.05, 0.1) is 5.75 Å². The van der Waals surface area contributed by atoms with E-state index in [-0.39, 0.29) is 12.3 Å². The van der Waals surface area contributed by atoms with E-state index in [9.17, 15) is 12.3 Å². The second kappa shape index (κ2) is 4.46. The first-order valence-corrected chi connectivity index (χ1v) is 7.72. The fraction of sp³-hybridized carbons (Fsp3) is 0.200. The van der Waals surface area contributed by atoms with Crippen LogP contribution in [0.1, 0.15) is 23.5 Å². The zero-order valence-corrected chi connectivity index (χ0v) is 11.0. The topological polar surface area (TPSA) is 34.1 Å². The molecule has 0 aliphatic heterocycles. The van der Waals surface area contributed by atoms with Crippen molar-refractivity contribution in [1.82, 2.24) is 0 Å². The largest absolute Gasteiger partial charge is 0.302 e. The van der Waals surface area contributed by atoms with Crippen molar-refractivity contribution in [3.8, 4) is 11.1 Å². The smallest absolute Gasteiger partial charge is 0.195 e. The van der Waals surface area contributed by atoms with Gasteiger partial charge in [-0.2, -0.15) is 8.42 Å². The van der Waals surface area contributed by atoms with Crippen molar-refractivity contribution in [2.75, 3.05) is 5.75 Å². The van der Waals surface area contributed by atoms with E-state index in [1.807, 2.05) is 48.5 Å². The van der Waals surface area contributed by atoms with Gasteiger partial charge in [-0.3, -0.25) is 0 Å². The maximum atomic E-state index is 12.8. The molecular weight excluding hydrogens is 263 g/mol. The molecule has 0 amide bonds. The van der Waals surface area contributed by atoms with E-state index >= 15 is 0 Å². The van der Waals surface area contributed by atoms with E-state index in [4.69, 9.17) is 0 Å². The molecule has 0 N–H and O–H groups in total. The number of hydrogen-bond donors (Lipinski definition) is 0. The highest BCUT2D eigenvalue weighted by atomic mass is 32.3. The van der Waals surface area contributed by atoms with Gasteiger partial charge in [-0.1, -0.05) is 48.5 Å². The lowest BCUT2D eigenvalue weighted by Gasteiger charge is -2.11. The second-order valence-corrected chi connectivity index (χ2v) is 6.24. The Kier molecular flexibility index (Phi) is 2.90. The van der Waals surface area contributed by atoms with Crippen LogP contribution in [0, 0.1) is 0 Å². The molecule has 0 saturated carbocycles. The molecule has 0 heterocycles. The molecule has 0 spiro atoms. The van der Waals surface area contributed by atoms with E-state index in [0.717, 1.165) is 22.3 Å². The monoisotopic (exact) mass is 276 g/mol. The van der Waals surface area contributed by atoms with Crippen molar-refractivity contribution >= 4 is 10.2 Å². The quantitative estimate of drug-likeness (QED) is 0.804. The summed E-state index contributed by atoms with van der Waals surface area (Å²) in [6.45, 7) is 0. The first-order valence-electron chi connectivity index (χ1n) is 6.17. The van der Waals surface area contributed by atoms with E-state index in [1.165, 1.54) is 0 Å². The van der Waals surface area contributed by atoms with Crippen molar-refractivity contribution < 1.29 is 12.3 Å². The molecule has 0 radical (unpaired) electrons. The predicted molar refractivity (Wildman–Crippen MR) is 73.2 cm³/mol. The summed E-state index contributed by atoms with van der Waals surface area (Å²) in [6, 6.07) is 15.8. The van der Waals surface area contributed by atoms with Gasteiger partial charge >= 0.3 is 10.2 Å². The lowest BCUT2D eigenvalue weighted by atomic mass is 9.94. The average molecular weight is 276 g/mol. The molecule has 0 aromatic heterocycles. The van der Waals surface area contributed by atoms with Crippen LogP contribution in [-0.2, 0) is 10.2 Å². The van der Waals surface area contributed by atoms with E-state index in [2.05, 4.69) is 0 Å². The van der Waals surface area contributed by atoms with E-state index in [0.29, 0.717) is 0 Å². The predicted octanol–water partition coefficient (Wildman–Crippen LogP) is 3.49. The lowest BCUT2D eigenvalue weighted by Crippen LogP contribution is -2.05. The molecule has 0 unspecified atom stereocenters. The van der Waals surface area contributed by atoms with Crippen molar-refractivity contribution in [3.05, 3.63) is 59.7 Å². The Bertz CT molecular complexity index is 677. The molecule has 1 aliphatic carbocycles. The van der Waals surface area contributed by atoms with Crippen LogP contribution in [0.2, 0.25) is 0 Å². The maximum absolute atomic E-state index is 12.8. The van der Waals surface area contributed by atoms with E-state index < -0.39 is 16.0 Å². The van der Waals surface area contributed by atoms with Gasteiger partial charge in [0, 0.05) is 5.92 Å². The molecule has 2 aromatic rings. The van der Waals surface area contributed by atoms with Crippen LogP contribution >= 0.6 is 0 Å². The lowest BCUT2D eigenvalue weighted by molar-refractivity contribution is 0.547. The van der Waals surface area contributed by atoms with Gasteiger partial charge in [0.25, 0.3) is 0 Å². The highest BCUT2D eigenvalue weighted by molar-refractivity contribution is 7.86. The van der Waals surface area contributed by atoms with Crippen LogP contribution in [0.25, 0.3) is 11.1 Å². The number of fused-ring (bicyclic) bond motifs is 3. The standard InChI is InChI=1S/C15H13FO2S/c16-19(17,18)10-9-15-13-7-3-1-5-11(13)12-6-2-4-8-14(12)15/h1-8,15H,9-10H2. The summed E-state index contributed by atoms with van der Waals surface area (Å²) in [4.78, 5) is 0. The summed E-state index contributed by atoms with van der Waals surface area (Å²) < 4.78 is 34.3. The third-order valence-corrected chi connectivity index (χ3v) is 4.34. The van der Waals surface area contributed by atoms with Crippen LogP contribution in [-0.4, -0.2) is 14.2 Å². The fourth-order valence-electron chi connectivity index (χ4n) is 2.83. The summed E-state index contributed by atoms with van der Waals surface area (Å²) in [6.07, 6.45) is 0.285. The van der Waals surface area contributed by atoms with Crippen molar-refractivity contribution in [1.29, 1.82) is 0 Å². The number of benzene rings is 2. The zero-order chi connectivity index (χ0) is 13.5. The molecular formula is C15H13FO2S. The molecule has 19 heavy (non-hydrogen) atoms. The molecule has 2 aromatic carbocycles. The normalized spacial score (nSPS) is 14.2. The molecule has 0 bridgehead atoms. The third kappa shape index (κ3) is 2.28. The Hall–Kier alpha value is -1.68. The first kappa shape index (κ1) is 12.4. The molecule has 0 atom stereocenters. The second-order valence-electron chi connectivity index (χ2n) is 4.76. The SMILES string of the molecule is O=S(=O)(F)CCC1c2ccccc2-c2ccccc21. The minimum Gasteiger partial charge on any atom is -0.195 e. The Labute approximate surface area is 112 Å². The summed E-state index contributed by atoms with van der Waals surface area (Å²) in [5.41, 5.74) is 4.43. The number of halogens is 1. The van der Waals surface area contributed by atoms with Gasteiger partial charge in [-0.05, 0) is 28.7 Å². The molecule has 0 fully saturated rings. The van der Waals surface area contributed by atoms with Crippen LogP contribution < -0.4 is 0 Å². The van der Waals surface area contributed by atoms with Crippen molar-refractivity contribution in [2.45, 2.75) is 12.3 Å². The summed E-state index contributed by atoms with van der Waals surface area (Å²) in [7, 11) is -4.42. The number of hydrogen-bond acceptors (Lipinski definition) is 2. The Morgan fingerprint density at radius 3 is 1.84 bits per heavy atom. The molecule has 0 saturated heterocycles. The van der Waals surface area contributed by atoms with Crippen molar-refractivity contribution in [3.63, 3.8) is 0 Å². The fourth-order valence-corrected chi connectivity index (χ4v) is 3.35. The van der Waals surface area contributed by atoms with Crippen LogP contribution in [0.5, 0.6) is 0 Å². The Morgan fingerprint density at radius 1 is 0.895 bits per heavy atom. The Balaban J connectivity index is 2.05. The minimum atomic E-state index is -4.42. The van der Waals surface area contributed by atoms with Crippen LogP contribution in [0.15, 0.2) is 48.5 Å². The highest BCUT2D eigenvalue weighted by Gasteiger charge is 2.28. The zero-order valence-electron chi connectivity index (χ0n) is 10.2. The summed E-state index contributed by atoms with van der Waals surface area (Å²) in [5.74, 6) is -0.460. The van der Waals surface area contributed by atoms with Gasteiger partial charge in [0.15, 0.2) is 0 Å². The van der Waals surface area contributed by atoms with Gasteiger partial charge in [0.2, 0.25) is 0 Å². The van der Waals surface area contributed by atoms with E-state index in [1.54, 1.807) is 0 Å². The van der Waals surface area contributed by atoms with Gasteiger partial charge in [-0.25, -0.2) is 0 Å². The van der Waals surface area contributed by atoms with Gasteiger partial charge in [-0.15, -0.1) is 3.89 Å². The number of rotatable bonds is 3. The summed E-state index contributed by atoms with van der Waals surface area (Å²) in [5, 5.41) is 0. The highest BCUT2D eigenvalue weighted by Crippen LogP contribution is 2.46. The molecule has 4 heteroatoms. The Morgan fingerprint density at radius 2 is 1.37 bits per heavy atom. The molecule has 3 rings (SSSR count). The van der Waals surface area contributed by atoms with Gasteiger partial charge in [0.1, 0.15) is 0 Å². The van der Waals surface area contributed by atoms with Crippen LogP contribution in [0.3, 0.4) is 0 Å². The maximum Gasteiger partial charge on any atom is 0.302 e. The minimum absolute atomic E-state index is 0.0297. The first-order chi connectivity index (χ1) is 9.06. The van der Waals surface area contributed by atoms with Gasteiger partial charge < -0.3 is 0 Å². The summed E-state index contributed by atoms with van der Waals surface area (Å²) >= 11 is 0. The average Bonchev–Trinajstić information content (AvgIpc) is 2.70. The molecule has 2 nitrogen and oxygen atoms in total.